The van der Waals surface area contributed by atoms with Crippen LogP contribution in [0.15, 0.2) is 6.33 Å². The number of aromatic nitrogens is 4. The fourth-order valence-corrected chi connectivity index (χ4v) is 2.38. The number of phosphoric acid groups is 1. The summed E-state index contributed by atoms with van der Waals surface area (Å²) in [6.45, 7) is -0.417. The lowest BCUT2D eigenvalue weighted by Gasteiger charge is -2.16. The Kier molecular flexibility index (Phi) is 5.93. The van der Waals surface area contributed by atoms with Crippen LogP contribution in [0.3, 0.4) is 0 Å². The molecule has 0 bridgehead atoms. The number of ether oxygens (including phenoxy) is 1. The van der Waals surface area contributed by atoms with Crippen molar-refractivity contribution in [3.05, 3.63) is 11.6 Å². The minimum Gasteiger partial charge on any atom is -0.394 e. The van der Waals surface area contributed by atoms with Crippen LogP contribution in [0.4, 0.5) is 5.82 Å². The number of anilines is 1. The van der Waals surface area contributed by atoms with Crippen LogP contribution in [0.1, 0.15) is 6.23 Å². The molecule has 8 N–H and O–H groups in total. The Balaban J connectivity index is 0.000000399. The first-order valence-corrected chi connectivity index (χ1v) is 8.53. The molecular weight excluding hydrogens is 385 g/mol. The Morgan fingerprint density at radius 3 is 2.40 bits per heavy atom. The van der Waals surface area contributed by atoms with E-state index in [0.29, 0.717) is 5.52 Å². The van der Waals surface area contributed by atoms with Crippen LogP contribution in [0.5, 0.6) is 0 Å². The molecule has 15 heteroatoms. The summed E-state index contributed by atoms with van der Waals surface area (Å²) in [4.78, 5) is 33.4. The predicted octanol–water partition coefficient (Wildman–Crippen LogP) is -2.26. The van der Waals surface area contributed by atoms with E-state index in [1.807, 2.05) is 0 Å². The lowest BCUT2D eigenvalue weighted by molar-refractivity contribution is -0.0511. The van der Waals surface area contributed by atoms with Gasteiger partial charge in [0.2, 0.25) is 5.28 Å². The van der Waals surface area contributed by atoms with Gasteiger partial charge in [0.05, 0.1) is 12.9 Å². The molecule has 1 saturated heterocycles. The summed E-state index contributed by atoms with van der Waals surface area (Å²) in [6, 6.07) is 0. The van der Waals surface area contributed by atoms with Crippen molar-refractivity contribution in [2.75, 3.05) is 12.3 Å². The maximum absolute atomic E-state index is 9.99. The zero-order chi connectivity index (χ0) is 18.9. The Morgan fingerprint density at radius 2 is 1.88 bits per heavy atom. The summed E-state index contributed by atoms with van der Waals surface area (Å²) >= 11 is 5.74. The van der Waals surface area contributed by atoms with Gasteiger partial charge < -0.3 is 40.5 Å². The number of halogens is 1. The number of hydrogen-bond acceptors (Lipinski definition) is 9. The molecule has 0 spiro atoms. The van der Waals surface area contributed by atoms with Crippen LogP contribution < -0.4 is 5.73 Å². The highest BCUT2D eigenvalue weighted by Gasteiger charge is 2.44. The van der Waals surface area contributed by atoms with Crippen molar-refractivity contribution in [1.29, 1.82) is 0 Å². The van der Waals surface area contributed by atoms with Gasteiger partial charge in [-0.2, -0.15) is 9.97 Å². The molecule has 4 atom stereocenters. The third-order valence-corrected chi connectivity index (χ3v) is 3.38. The molecule has 0 radical (unpaired) electrons. The molecule has 2 aromatic heterocycles. The fraction of sp³-hybridized carbons (Fsp3) is 0.500. The average molecular weight is 400 g/mol. The van der Waals surface area contributed by atoms with E-state index in [-0.39, 0.29) is 16.7 Å². The van der Waals surface area contributed by atoms with Gasteiger partial charge in [0.15, 0.2) is 17.7 Å². The lowest BCUT2D eigenvalue weighted by atomic mass is 10.1. The van der Waals surface area contributed by atoms with E-state index in [1.54, 1.807) is 0 Å². The third kappa shape index (κ3) is 4.61. The molecular formula is C10H15ClN5O8P. The zero-order valence-corrected chi connectivity index (χ0v) is 13.9. The van der Waals surface area contributed by atoms with Crippen LogP contribution in [0, 0.1) is 0 Å². The number of imidazole rings is 1. The van der Waals surface area contributed by atoms with Crippen LogP contribution >= 0.6 is 19.4 Å². The quantitative estimate of drug-likeness (QED) is 0.210. The Labute approximate surface area is 144 Å². The van der Waals surface area contributed by atoms with Gasteiger partial charge in [-0.25, -0.2) is 9.55 Å². The highest BCUT2D eigenvalue weighted by molar-refractivity contribution is 7.45. The SMILES string of the molecule is Nc1nc(Cl)nc2c1ncn2[C@@H]1O[C@H](CO)[C@@H](O)[C@H]1O.O=P(O)(O)O. The second kappa shape index (κ2) is 7.45. The number of aliphatic hydroxyl groups is 3. The number of aliphatic hydroxyl groups excluding tert-OH is 3. The number of nitrogen functional groups attached to an aromatic ring is 1. The van der Waals surface area contributed by atoms with Gasteiger partial charge in [-0.05, 0) is 11.6 Å². The van der Waals surface area contributed by atoms with E-state index >= 15 is 0 Å². The Morgan fingerprint density at radius 1 is 1.28 bits per heavy atom. The normalized spacial score (nSPS) is 26.5. The van der Waals surface area contributed by atoms with Gasteiger partial charge in [-0.15, -0.1) is 0 Å². The van der Waals surface area contributed by atoms with Crippen molar-refractivity contribution in [1.82, 2.24) is 19.5 Å². The van der Waals surface area contributed by atoms with E-state index in [9.17, 15) is 10.2 Å². The first-order valence-electron chi connectivity index (χ1n) is 6.59. The molecule has 1 aliphatic heterocycles. The van der Waals surface area contributed by atoms with E-state index < -0.39 is 39.0 Å². The summed E-state index contributed by atoms with van der Waals surface area (Å²) in [7, 11) is -4.64. The Bertz CT molecular complexity index is 791. The molecule has 1 fully saturated rings. The molecule has 0 saturated carbocycles. The average Bonchev–Trinajstić information content (AvgIpc) is 3.00. The molecule has 3 rings (SSSR count). The topological polar surface area (TPSA) is 217 Å². The molecule has 3 heterocycles. The van der Waals surface area contributed by atoms with Crippen molar-refractivity contribution in [2.24, 2.45) is 0 Å². The first kappa shape index (κ1) is 19.9. The number of nitrogens with zero attached hydrogens (tertiary/aromatic N) is 4. The molecule has 140 valence electrons. The van der Waals surface area contributed by atoms with E-state index in [1.165, 1.54) is 10.9 Å². The number of fused-ring (bicyclic) bond motifs is 1. The van der Waals surface area contributed by atoms with Crippen LogP contribution in [-0.2, 0) is 9.30 Å². The van der Waals surface area contributed by atoms with Crippen LogP contribution in [0.25, 0.3) is 11.2 Å². The van der Waals surface area contributed by atoms with E-state index in [0.717, 1.165) is 0 Å². The maximum Gasteiger partial charge on any atom is 0.466 e. The summed E-state index contributed by atoms with van der Waals surface area (Å²) < 4.78 is 15.7. The van der Waals surface area contributed by atoms with Gasteiger partial charge in [0.1, 0.15) is 23.8 Å². The molecule has 0 amide bonds. The number of hydrogen-bond donors (Lipinski definition) is 7. The largest absolute Gasteiger partial charge is 0.466 e. The van der Waals surface area contributed by atoms with Gasteiger partial charge in [0, 0.05) is 0 Å². The summed E-state index contributed by atoms with van der Waals surface area (Å²) in [5.41, 5.74) is 6.27. The highest BCUT2D eigenvalue weighted by atomic mass is 35.5. The molecule has 0 aliphatic carbocycles. The number of nitrogens with two attached hydrogens (primary N) is 1. The second-order valence-electron chi connectivity index (χ2n) is 4.94. The maximum atomic E-state index is 9.99. The van der Waals surface area contributed by atoms with Gasteiger partial charge in [-0.1, -0.05) is 0 Å². The zero-order valence-electron chi connectivity index (χ0n) is 12.3. The third-order valence-electron chi connectivity index (χ3n) is 3.21. The van der Waals surface area contributed by atoms with Crippen molar-refractivity contribution in [3.8, 4) is 0 Å². The first-order chi connectivity index (χ1) is 11.5. The smallest absolute Gasteiger partial charge is 0.394 e. The Hall–Kier alpha value is -1.41. The van der Waals surface area contributed by atoms with Crippen molar-refractivity contribution >= 4 is 36.4 Å². The second-order valence-corrected chi connectivity index (χ2v) is 6.31. The predicted molar refractivity (Wildman–Crippen MR) is 82.0 cm³/mol. The van der Waals surface area contributed by atoms with E-state index in [2.05, 4.69) is 15.0 Å². The van der Waals surface area contributed by atoms with Crippen molar-refractivity contribution in [3.63, 3.8) is 0 Å². The molecule has 2 aromatic rings. The number of rotatable bonds is 2. The van der Waals surface area contributed by atoms with Crippen molar-refractivity contribution in [2.45, 2.75) is 24.5 Å². The molecule has 25 heavy (non-hydrogen) atoms. The molecule has 1 aliphatic rings. The summed E-state index contributed by atoms with van der Waals surface area (Å²) in [6.07, 6.45) is -2.93. The molecule has 13 nitrogen and oxygen atoms in total. The minimum absolute atomic E-state index is 0.0662. The molecule has 0 unspecified atom stereocenters. The van der Waals surface area contributed by atoms with Gasteiger partial charge in [0.25, 0.3) is 0 Å². The van der Waals surface area contributed by atoms with Gasteiger partial charge in [-0.3, -0.25) is 4.57 Å². The van der Waals surface area contributed by atoms with Crippen LogP contribution in [-0.4, -0.2) is 74.4 Å². The summed E-state index contributed by atoms with van der Waals surface area (Å²) in [5.74, 6) is 0.102. The summed E-state index contributed by atoms with van der Waals surface area (Å²) in [5, 5.41) is 28.8. The fourth-order valence-electron chi connectivity index (χ4n) is 2.21. The van der Waals surface area contributed by atoms with Crippen LogP contribution in [0.2, 0.25) is 5.28 Å². The van der Waals surface area contributed by atoms with Crippen molar-refractivity contribution < 1.29 is 39.3 Å². The standard InChI is InChI=1S/C10H12ClN5O4.H3O4P/c11-10-14-7(12)4-8(15-10)16(2-13-4)9-6(19)5(18)3(1-17)20-9;1-5(2,3)4/h2-3,5-6,9,17-19H,1H2,(H2,12,14,15);(H3,1,2,3,4)/t3-,5-,6-,9-;/m1./s1. The highest BCUT2D eigenvalue weighted by Crippen LogP contribution is 2.32. The monoisotopic (exact) mass is 399 g/mol. The van der Waals surface area contributed by atoms with E-state index in [4.69, 9.17) is 46.4 Å². The molecule has 0 aromatic carbocycles. The van der Waals surface area contributed by atoms with Gasteiger partial charge >= 0.3 is 7.82 Å². The lowest BCUT2D eigenvalue weighted by Crippen LogP contribution is -2.33. The minimum atomic E-state index is -4.64.